The third kappa shape index (κ3) is 4.72. The maximum atomic E-state index is 13.2. The van der Waals surface area contributed by atoms with Gasteiger partial charge in [-0.15, -0.1) is 0 Å². The van der Waals surface area contributed by atoms with Crippen LogP contribution in [0.15, 0.2) is 18.2 Å². The Morgan fingerprint density at radius 1 is 1.00 bits per heavy atom. The van der Waals surface area contributed by atoms with Gasteiger partial charge >= 0.3 is 0 Å². The number of benzene rings is 1. The zero-order valence-corrected chi connectivity index (χ0v) is 12.8. The first-order chi connectivity index (χ1) is 8.90. The Kier molecular flexibility index (Phi) is 4.77. The zero-order chi connectivity index (χ0) is 15.7. The number of hydrogen-bond acceptors (Lipinski definition) is 2. The Labute approximate surface area is 119 Å². The fourth-order valence-electron chi connectivity index (χ4n) is 1.71. The van der Waals surface area contributed by atoms with E-state index in [1.54, 1.807) is 0 Å². The Balaban J connectivity index is 3.13. The highest BCUT2D eigenvalue weighted by Gasteiger charge is 2.35. The van der Waals surface area contributed by atoms with Crippen LogP contribution in [0.5, 0.6) is 0 Å². The van der Waals surface area contributed by atoms with Crippen molar-refractivity contribution in [2.24, 2.45) is 5.41 Å². The second-order valence-corrected chi connectivity index (χ2v) is 6.90. The summed E-state index contributed by atoms with van der Waals surface area (Å²) in [6.07, 6.45) is -0.858. The second kappa shape index (κ2) is 5.66. The lowest BCUT2D eigenvalue weighted by atomic mass is 9.93. The number of hydroxylamine groups is 1. The summed E-state index contributed by atoms with van der Waals surface area (Å²) in [5, 5.41) is 13.0. The number of nitrogens with zero attached hydrogens (tertiary/aromatic N) is 1. The maximum absolute atomic E-state index is 13.2. The highest BCUT2D eigenvalue weighted by Crippen LogP contribution is 2.32. The summed E-state index contributed by atoms with van der Waals surface area (Å²) in [6, 6.07) is 2.73. The monoisotopic (exact) mass is 286 g/mol. The van der Waals surface area contributed by atoms with Crippen LogP contribution in [0.2, 0.25) is 0 Å². The molecule has 0 aliphatic carbocycles. The predicted molar refractivity (Wildman–Crippen MR) is 73.6 cm³/mol. The van der Waals surface area contributed by atoms with E-state index in [4.69, 9.17) is 4.74 Å². The van der Waals surface area contributed by atoms with Gasteiger partial charge in [0.1, 0.15) is 11.6 Å². The lowest BCUT2D eigenvalue weighted by Gasteiger charge is -2.39. The van der Waals surface area contributed by atoms with Crippen LogP contribution in [0.3, 0.4) is 0 Å². The summed E-state index contributed by atoms with van der Waals surface area (Å²) in [7, 11) is 0. The van der Waals surface area contributed by atoms with E-state index in [0.29, 0.717) is 5.06 Å². The van der Waals surface area contributed by atoms with Crippen molar-refractivity contribution < 1.29 is 18.7 Å². The van der Waals surface area contributed by atoms with Gasteiger partial charge in [-0.05, 0) is 32.9 Å². The van der Waals surface area contributed by atoms with Crippen LogP contribution in [0.25, 0.3) is 0 Å². The van der Waals surface area contributed by atoms with Gasteiger partial charge in [-0.2, -0.15) is 5.06 Å². The average Bonchev–Trinajstić information content (AvgIpc) is 2.21. The van der Waals surface area contributed by atoms with E-state index in [9.17, 15) is 14.0 Å². The van der Waals surface area contributed by atoms with Gasteiger partial charge < -0.3 is 4.74 Å². The summed E-state index contributed by atoms with van der Waals surface area (Å²) in [6.45, 7) is 11.0. The molecule has 0 spiro atoms. The van der Waals surface area contributed by atoms with Crippen molar-refractivity contribution in [2.45, 2.75) is 53.4 Å². The van der Waals surface area contributed by atoms with E-state index in [1.807, 2.05) is 41.5 Å². The predicted octanol–water partition coefficient (Wildman–Crippen LogP) is 4.30. The van der Waals surface area contributed by atoms with Gasteiger partial charge in [0.05, 0.1) is 11.3 Å². The fraction of sp³-hybridized carbons (Fsp3) is 0.600. The maximum Gasteiger partial charge on any atom is 0.162 e. The van der Waals surface area contributed by atoms with E-state index in [1.165, 1.54) is 0 Å². The quantitative estimate of drug-likeness (QED) is 0.613. The third-order valence-electron chi connectivity index (χ3n) is 2.52. The van der Waals surface area contributed by atoms with Crippen molar-refractivity contribution >= 4 is 5.69 Å². The molecule has 0 aliphatic heterocycles. The Morgan fingerprint density at radius 3 is 1.80 bits per heavy atom. The highest BCUT2D eigenvalue weighted by molar-refractivity contribution is 5.44. The largest absolute Gasteiger partial charge is 0.350 e. The fourth-order valence-corrected chi connectivity index (χ4v) is 1.71. The van der Waals surface area contributed by atoms with Gasteiger partial charge in [0.25, 0.3) is 0 Å². The summed E-state index contributed by atoms with van der Waals surface area (Å²) in [5.74, 6) is -1.58. The minimum Gasteiger partial charge on any atom is -0.350 e. The van der Waals surface area contributed by atoms with Crippen LogP contribution in [0.1, 0.15) is 41.5 Å². The molecule has 20 heavy (non-hydrogen) atoms. The van der Waals surface area contributed by atoms with Crippen molar-refractivity contribution in [3.05, 3.63) is 29.8 Å². The molecule has 3 nitrogen and oxygen atoms in total. The average molecular weight is 286 g/mol. The number of rotatable bonds is 3. The molecule has 1 atom stereocenters. The van der Waals surface area contributed by atoms with Crippen molar-refractivity contribution in [3.63, 3.8) is 0 Å². The molecule has 0 unspecified atom stereocenters. The van der Waals surface area contributed by atoms with Gasteiger partial charge in [-0.3, -0.25) is 0 Å². The lowest BCUT2D eigenvalue weighted by Crippen LogP contribution is -2.47. The molecule has 0 heterocycles. The molecular formula is C15H22F2NO2. The molecule has 0 saturated heterocycles. The van der Waals surface area contributed by atoms with Crippen LogP contribution >= 0.6 is 0 Å². The van der Waals surface area contributed by atoms with Crippen LogP contribution in [-0.4, -0.2) is 11.8 Å². The van der Waals surface area contributed by atoms with E-state index in [2.05, 4.69) is 0 Å². The first-order valence-corrected chi connectivity index (χ1v) is 6.50. The van der Waals surface area contributed by atoms with E-state index < -0.39 is 28.9 Å². The SMILES string of the molecule is CC(C)(C)O[C@H](N([O])c1cc(F)cc(F)c1)C(C)(C)C. The number of hydrogen-bond donors (Lipinski definition) is 0. The van der Waals surface area contributed by atoms with Crippen molar-refractivity contribution in [3.8, 4) is 0 Å². The highest BCUT2D eigenvalue weighted by atomic mass is 19.1. The molecule has 0 saturated carbocycles. The number of ether oxygens (including phenoxy) is 1. The molecule has 1 aromatic rings. The van der Waals surface area contributed by atoms with Gasteiger partial charge in [0.2, 0.25) is 0 Å². The minimum atomic E-state index is -0.858. The molecular weight excluding hydrogens is 264 g/mol. The molecule has 0 aliphatic rings. The minimum absolute atomic E-state index is 0.0910. The summed E-state index contributed by atoms with van der Waals surface area (Å²) in [4.78, 5) is 0. The smallest absolute Gasteiger partial charge is 0.162 e. The molecule has 5 heteroatoms. The topological polar surface area (TPSA) is 32.4 Å². The van der Waals surface area contributed by atoms with Crippen molar-refractivity contribution in [2.75, 3.05) is 5.06 Å². The van der Waals surface area contributed by atoms with Crippen LogP contribution < -0.4 is 5.06 Å². The van der Waals surface area contributed by atoms with Crippen molar-refractivity contribution in [1.29, 1.82) is 0 Å². The standard InChI is InChI=1S/C15H22F2NO2/c1-14(2,3)13(20-15(4,5)6)18(19)12-8-10(16)7-11(17)9-12/h7-9,13H,1-6H3/t13-/m0/s1. The van der Waals surface area contributed by atoms with E-state index >= 15 is 0 Å². The van der Waals surface area contributed by atoms with Gasteiger partial charge in [-0.25, -0.2) is 8.78 Å². The summed E-state index contributed by atoms with van der Waals surface area (Å²) in [5.41, 5.74) is -1.16. The van der Waals surface area contributed by atoms with Gasteiger partial charge in [0, 0.05) is 11.5 Å². The van der Waals surface area contributed by atoms with Gasteiger partial charge in [-0.1, -0.05) is 26.0 Å². The van der Waals surface area contributed by atoms with E-state index in [0.717, 1.165) is 18.2 Å². The lowest BCUT2D eigenvalue weighted by molar-refractivity contribution is -0.145. The Hall–Kier alpha value is -1.20. The van der Waals surface area contributed by atoms with E-state index in [-0.39, 0.29) is 5.69 Å². The van der Waals surface area contributed by atoms with Gasteiger partial charge in [0.15, 0.2) is 6.23 Å². The first-order valence-electron chi connectivity index (χ1n) is 6.50. The number of halogens is 2. The molecule has 1 radical (unpaired) electrons. The van der Waals surface area contributed by atoms with Crippen LogP contribution in [0, 0.1) is 17.0 Å². The molecule has 0 aromatic heterocycles. The molecule has 0 N–H and O–H groups in total. The molecule has 1 aromatic carbocycles. The summed E-state index contributed by atoms with van der Waals surface area (Å²) >= 11 is 0. The molecule has 0 bridgehead atoms. The Morgan fingerprint density at radius 2 is 1.45 bits per heavy atom. The van der Waals surface area contributed by atoms with Crippen LogP contribution in [0.4, 0.5) is 14.5 Å². The zero-order valence-electron chi connectivity index (χ0n) is 12.8. The Bertz CT molecular complexity index is 444. The normalized spacial score (nSPS) is 14.2. The first kappa shape index (κ1) is 16.9. The second-order valence-electron chi connectivity index (χ2n) is 6.90. The third-order valence-corrected chi connectivity index (χ3v) is 2.52. The molecule has 1 rings (SSSR count). The van der Waals surface area contributed by atoms with Crippen molar-refractivity contribution in [1.82, 2.24) is 0 Å². The summed E-state index contributed by atoms with van der Waals surface area (Å²) < 4.78 is 32.2. The molecule has 113 valence electrons. The molecule has 0 amide bonds. The number of anilines is 1. The molecule has 0 fully saturated rings. The van der Waals surface area contributed by atoms with Crippen LogP contribution in [-0.2, 0) is 9.94 Å².